The van der Waals surface area contributed by atoms with Gasteiger partial charge in [-0.2, -0.15) is 0 Å². The highest BCUT2D eigenvalue weighted by atomic mass is 16.6. The third-order valence-corrected chi connectivity index (χ3v) is 5.00. The Bertz CT molecular complexity index is 632. The predicted octanol–water partition coefficient (Wildman–Crippen LogP) is 3.49. The van der Waals surface area contributed by atoms with Crippen LogP contribution in [0.3, 0.4) is 0 Å². The molecule has 1 saturated heterocycles. The Hall–Kier alpha value is -2.08. The lowest BCUT2D eigenvalue weighted by Crippen LogP contribution is -2.45. The molecular weight excluding hydrogens is 354 g/mol. The van der Waals surface area contributed by atoms with Crippen molar-refractivity contribution < 1.29 is 14.3 Å². The number of hydrogen-bond acceptors (Lipinski definition) is 4. The zero-order valence-corrected chi connectivity index (χ0v) is 17.8. The van der Waals surface area contributed by atoms with Crippen LogP contribution in [-0.2, 0) is 9.53 Å². The van der Waals surface area contributed by atoms with E-state index >= 15 is 0 Å². The minimum atomic E-state index is -0.771. The zero-order chi connectivity index (χ0) is 20.7. The summed E-state index contributed by atoms with van der Waals surface area (Å²) in [6, 6.07) is 9.06. The maximum absolute atomic E-state index is 12.9. The molecule has 0 aromatic heterocycles. The van der Waals surface area contributed by atoms with Crippen LogP contribution in [0, 0.1) is 5.92 Å². The largest absolute Gasteiger partial charge is 0.444 e. The number of rotatable bonds is 6. The van der Waals surface area contributed by atoms with E-state index in [1.165, 1.54) is 0 Å². The van der Waals surface area contributed by atoms with E-state index in [9.17, 15) is 9.59 Å². The van der Waals surface area contributed by atoms with Gasteiger partial charge in [0.1, 0.15) is 11.6 Å². The third kappa shape index (κ3) is 7.15. The maximum Gasteiger partial charge on any atom is 0.408 e. The predicted molar refractivity (Wildman–Crippen MR) is 111 cm³/mol. The van der Waals surface area contributed by atoms with Gasteiger partial charge in [0.05, 0.1) is 0 Å². The van der Waals surface area contributed by atoms with E-state index in [4.69, 9.17) is 4.74 Å². The zero-order valence-electron chi connectivity index (χ0n) is 17.8. The number of amides is 2. The standard InChI is InChI=1S/C22H35N3O3/c1-16(2)25-13-11-17(12-14-25)15-23-20(26)19(18-9-7-6-8-10-18)24-21(27)28-22(3,4)5/h6-10,16-17,19H,11-15H2,1-5H3,(H,23,26)(H,24,27). The first-order valence-electron chi connectivity index (χ1n) is 10.2. The summed E-state index contributed by atoms with van der Waals surface area (Å²) in [5, 5.41) is 5.75. The number of carbonyl (C=O) groups is 2. The molecule has 0 bridgehead atoms. The number of piperidine rings is 1. The van der Waals surface area contributed by atoms with Crippen molar-refractivity contribution in [2.75, 3.05) is 19.6 Å². The normalized spacial score (nSPS) is 17.2. The fourth-order valence-corrected chi connectivity index (χ4v) is 3.39. The van der Waals surface area contributed by atoms with E-state index in [0.717, 1.165) is 31.5 Å². The number of benzene rings is 1. The lowest BCUT2D eigenvalue weighted by molar-refractivity contribution is -0.123. The monoisotopic (exact) mass is 389 g/mol. The van der Waals surface area contributed by atoms with Crippen LogP contribution in [0.1, 0.15) is 59.1 Å². The average molecular weight is 390 g/mol. The van der Waals surface area contributed by atoms with Gasteiger partial charge in [-0.15, -0.1) is 0 Å². The molecule has 1 aromatic rings. The molecule has 1 heterocycles. The molecule has 1 aromatic carbocycles. The number of ether oxygens (including phenoxy) is 1. The lowest BCUT2D eigenvalue weighted by Gasteiger charge is -2.34. The Morgan fingerprint density at radius 3 is 2.29 bits per heavy atom. The van der Waals surface area contributed by atoms with Crippen molar-refractivity contribution in [1.29, 1.82) is 0 Å². The summed E-state index contributed by atoms with van der Waals surface area (Å²) in [5.41, 5.74) is 0.118. The van der Waals surface area contributed by atoms with Crippen molar-refractivity contribution >= 4 is 12.0 Å². The van der Waals surface area contributed by atoms with Crippen LogP contribution < -0.4 is 10.6 Å². The van der Waals surface area contributed by atoms with Crippen molar-refractivity contribution in [2.45, 2.75) is 65.1 Å². The number of alkyl carbamates (subject to hydrolysis) is 1. The van der Waals surface area contributed by atoms with Gasteiger partial charge in [0.25, 0.3) is 0 Å². The number of likely N-dealkylation sites (tertiary alicyclic amines) is 1. The molecule has 0 spiro atoms. The number of hydrogen-bond donors (Lipinski definition) is 2. The van der Waals surface area contributed by atoms with E-state index in [-0.39, 0.29) is 5.91 Å². The Labute approximate surface area is 169 Å². The molecule has 6 nitrogen and oxygen atoms in total. The summed E-state index contributed by atoms with van der Waals surface area (Å²) >= 11 is 0. The molecule has 2 amide bonds. The second kappa shape index (κ2) is 9.92. The van der Waals surface area contributed by atoms with Gasteiger partial charge in [-0.25, -0.2) is 4.79 Å². The van der Waals surface area contributed by atoms with Crippen LogP contribution in [-0.4, -0.2) is 48.2 Å². The Balaban J connectivity index is 1.95. The SMILES string of the molecule is CC(C)N1CCC(CNC(=O)C(NC(=O)OC(C)(C)C)c2ccccc2)CC1. The van der Waals surface area contributed by atoms with Crippen molar-refractivity contribution in [3.05, 3.63) is 35.9 Å². The second-order valence-electron chi connectivity index (χ2n) is 8.81. The van der Waals surface area contributed by atoms with E-state index in [2.05, 4.69) is 29.4 Å². The van der Waals surface area contributed by atoms with E-state index in [1.54, 1.807) is 20.8 Å². The molecule has 2 N–H and O–H groups in total. The number of carbonyl (C=O) groups excluding carboxylic acids is 2. The molecule has 1 aliphatic heterocycles. The number of nitrogens with one attached hydrogen (secondary N) is 2. The van der Waals surface area contributed by atoms with Crippen molar-refractivity contribution in [3.8, 4) is 0 Å². The van der Waals surface area contributed by atoms with Gasteiger partial charge in [0.15, 0.2) is 0 Å². The molecule has 6 heteroatoms. The average Bonchev–Trinajstić information content (AvgIpc) is 2.64. The Morgan fingerprint density at radius 2 is 1.75 bits per heavy atom. The highest BCUT2D eigenvalue weighted by Crippen LogP contribution is 2.19. The fourth-order valence-electron chi connectivity index (χ4n) is 3.39. The van der Waals surface area contributed by atoms with Crippen LogP contribution in [0.25, 0.3) is 0 Å². The summed E-state index contributed by atoms with van der Waals surface area (Å²) in [6.45, 7) is 12.6. The van der Waals surface area contributed by atoms with Gasteiger partial charge < -0.3 is 20.3 Å². The molecule has 1 unspecified atom stereocenters. The van der Waals surface area contributed by atoms with Crippen LogP contribution >= 0.6 is 0 Å². The smallest absolute Gasteiger partial charge is 0.408 e. The topological polar surface area (TPSA) is 70.7 Å². The van der Waals surface area contributed by atoms with E-state index in [0.29, 0.717) is 18.5 Å². The quantitative estimate of drug-likeness (QED) is 0.781. The van der Waals surface area contributed by atoms with Crippen LogP contribution in [0.2, 0.25) is 0 Å². The van der Waals surface area contributed by atoms with Gasteiger partial charge in [-0.3, -0.25) is 4.79 Å². The van der Waals surface area contributed by atoms with Crippen LogP contribution in [0.5, 0.6) is 0 Å². The summed E-state index contributed by atoms with van der Waals surface area (Å²) in [4.78, 5) is 27.6. The highest BCUT2D eigenvalue weighted by molar-refractivity contribution is 5.86. The molecule has 0 radical (unpaired) electrons. The first kappa shape index (κ1) is 22.2. The Kier molecular flexibility index (Phi) is 7.87. The van der Waals surface area contributed by atoms with Crippen molar-refractivity contribution in [3.63, 3.8) is 0 Å². The fraction of sp³-hybridized carbons (Fsp3) is 0.636. The number of nitrogens with zero attached hydrogens (tertiary/aromatic N) is 1. The molecule has 0 aliphatic carbocycles. The minimum Gasteiger partial charge on any atom is -0.444 e. The van der Waals surface area contributed by atoms with E-state index in [1.807, 2.05) is 30.3 Å². The van der Waals surface area contributed by atoms with Crippen molar-refractivity contribution in [2.24, 2.45) is 5.92 Å². The molecule has 1 atom stereocenters. The lowest BCUT2D eigenvalue weighted by atomic mass is 9.95. The summed E-state index contributed by atoms with van der Waals surface area (Å²) < 4.78 is 5.33. The molecule has 0 saturated carbocycles. The van der Waals surface area contributed by atoms with Gasteiger partial charge in [-0.1, -0.05) is 30.3 Å². The van der Waals surface area contributed by atoms with Gasteiger partial charge in [0.2, 0.25) is 5.91 Å². The molecular formula is C22H35N3O3. The minimum absolute atomic E-state index is 0.205. The van der Waals surface area contributed by atoms with Crippen LogP contribution in [0.15, 0.2) is 30.3 Å². The summed E-state index contributed by atoms with van der Waals surface area (Å²) in [7, 11) is 0. The van der Waals surface area contributed by atoms with Gasteiger partial charge in [-0.05, 0) is 72.0 Å². The van der Waals surface area contributed by atoms with Gasteiger partial charge >= 0.3 is 6.09 Å². The van der Waals surface area contributed by atoms with Crippen molar-refractivity contribution in [1.82, 2.24) is 15.5 Å². The molecule has 1 fully saturated rings. The first-order chi connectivity index (χ1) is 13.2. The highest BCUT2D eigenvalue weighted by Gasteiger charge is 2.27. The molecule has 1 aliphatic rings. The maximum atomic E-state index is 12.9. The molecule has 28 heavy (non-hydrogen) atoms. The third-order valence-electron chi connectivity index (χ3n) is 5.00. The molecule has 156 valence electrons. The Morgan fingerprint density at radius 1 is 1.14 bits per heavy atom. The summed E-state index contributed by atoms with van der Waals surface area (Å²) in [5.74, 6) is 0.264. The van der Waals surface area contributed by atoms with Crippen LogP contribution in [0.4, 0.5) is 4.79 Å². The molecule has 2 rings (SSSR count). The van der Waals surface area contributed by atoms with Gasteiger partial charge in [0, 0.05) is 12.6 Å². The first-order valence-corrected chi connectivity index (χ1v) is 10.2. The summed E-state index contributed by atoms with van der Waals surface area (Å²) in [6.07, 6.45) is 1.56. The second-order valence-corrected chi connectivity index (χ2v) is 8.81. The van der Waals surface area contributed by atoms with E-state index < -0.39 is 17.7 Å².